The van der Waals surface area contributed by atoms with Crippen LogP contribution in [0.25, 0.3) is 0 Å². The molecule has 0 fully saturated rings. The van der Waals surface area contributed by atoms with Crippen molar-refractivity contribution in [1.82, 2.24) is 4.90 Å². The summed E-state index contributed by atoms with van der Waals surface area (Å²) in [6.07, 6.45) is 2.27. The zero-order valence-corrected chi connectivity index (χ0v) is 7.19. The van der Waals surface area contributed by atoms with Crippen molar-refractivity contribution >= 4 is 17.6 Å². The lowest BCUT2D eigenvalue weighted by atomic mass is 10.2. The molecular weight excluding hydrogens is 172 g/mol. The van der Waals surface area contributed by atoms with Crippen molar-refractivity contribution in [3.8, 4) is 0 Å². The van der Waals surface area contributed by atoms with Crippen LogP contribution in [0.2, 0.25) is 0 Å². The first-order chi connectivity index (χ1) is 6.07. The third-order valence-electron chi connectivity index (χ3n) is 1.85. The minimum absolute atomic E-state index is 0.0332. The van der Waals surface area contributed by atoms with Gasteiger partial charge in [0.1, 0.15) is 6.04 Å². The fourth-order valence-corrected chi connectivity index (χ4v) is 1.17. The van der Waals surface area contributed by atoms with Crippen LogP contribution in [0, 0.1) is 0 Å². The summed E-state index contributed by atoms with van der Waals surface area (Å²) < 4.78 is 0. The normalized spacial score (nSPS) is 18.2. The summed E-state index contributed by atoms with van der Waals surface area (Å²) in [6, 6.07) is -0.824. The number of imide groups is 1. The molecule has 1 aliphatic heterocycles. The number of rotatable bonds is 3. The van der Waals surface area contributed by atoms with E-state index < -0.39 is 17.9 Å². The first kappa shape index (κ1) is 9.60. The van der Waals surface area contributed by atoms with Gasteiger partial charge in [0.25, 0.3) is 11.8 Å². The lowest BCUT2D eigenvalue weighted by molar-refractivity contribution is -0.143. The van der Waals surface area contributed by atoms with Gasteiger partial charge in [-0.15, -0.1) is 0 Å². The highest BCUT2D eigenvalue weighted by atomic mass is 16.2. The third kappa shape index (κ3) is 1.65. The molecule has 1 atom stereocenters. The zero-order valence-electron chi connectivity index (χ0n) is 7.19. The van der Waals surface area contributed by atoms with E-state index in [0.29, 0.717) is 0 Å². The molecule has 5 nitrogen and oxygen atoms in total. The van der Waals surface area contributed by atoms with Gasteiger partial charge in [0.05, 0.1) is 0 Å². The van der Waals surface area contributed by atoms with Crippen molar-refractivity contribution in [2.24, 2.45) is 5.73 Å². The van der Waals surface area contributed by atoms with Crippen LogP contribution in [0.1, 0.15) is 6.92 Å². The smallest absolute Gasteiger partial charge is 0.254 e. The first-order valence-electron chi connectivity index (χ1n) is 3.83. The predicted octanol–water partition coefficient (Wildman–Crippen LogP) is -1.17. The Balaban J connectivity index is 2.87. The van der Waals surface area contributed by atoms with Gasteiger partial charge in [-0.2, -0.15) is 0 Å². The highest BCUT2D eigenvalue weighted by Gasteiger charge is 2.32. The van der Waals surface area contributed by atoms with Gasteiger partial charge in [0.2, 0.25) is 0 Å². The van der Waals surface area contributed by atoms with Crippen LogP contribution < -0.4 is 5.73 Å². The molecule has 2 amide bonds. The quantitative estimate of drug-likeness (QED) is 0.557. The molecule has 0 aliphatic carbocycles. The van der Waals surface area contributed by atoms with Gasteiger partial charge in [-0.1, -0.05) is 0 Å². The van der Waals surface area contributed by atoms with Crippen molar-refractivity contribution < 1.29 is 14.4 Å². The van der Waals surface area contributed by atoms with Gasteiger partial charge in [-0.3, -0.25) is 19.3 Å². The van der Waals surface area contributed by atoms with Gasteiger partial charge >= 0.3 is 0 Å². The average molecular weight is 182 g/mol. The molecular formula is C8H10N2O3. The number of hydrogen-bond acceptors (Lipinski definition) is 4. The van der Waals surface area contributed by atoms with E-state index in [1.54, 1.807) is 0 Å². The van der Waals surface area contributed by atoms with E-state index in [0.717, 1.165) is 17.1 Å². The van der Waals surface area contributed by atoms with Crippen molar-refractivity contribution in [2.75, 3.05) is 6.54 Å². The van der Waals surface area contributed by atoms with Crippen LogP contribution in [0.3, 0.4) is 0 Å². The molecule has 5 heteroatoms. The molecule has 0 spiro atoms. The van der Waals surface area contributed by atoms with Gasteiger partial charge in [0.15, 0.2) is 5.78 Å². The summed E-state index contributed by atoms with van der Waals surface area (Å²) in [5.74, 6) is -1.24. The Hall–Kier alpha value is -1.49. The van der Waals surface area contributed by atoms with Crippen molar-refractivity contribution in [3.05, 3.63) is 12.2 Å². The minimum atomic E-state index is -0.824. The Morgan fingerprint density at radius 3 is 2.23 bits per heavy atom. The molecule has 0 aromatic carbocycles. The van der Waals surface area contributed by atoms with Gasteiger partial charge in [-0.05, 0) is 6.92 Å². The molecule has 0 unspecified atom stereocenters. The number of nitrogens with zero attached hydrogens (tertiary/aromatic N) is 1. The van der Waals surface area contributed by atoms with Gasteiger partial charge in [0, 0.05) is 18.7 Å². The van der Waals surface area contributed by atoms with E-state index in [1.165, 1.54) is 6.92 Å². The van der Waals surface area contributed by atoms with E-state index in [4.69, 9.17) is 5.73 Å². The highest BCUT2D eigenvalue weighted by Crippen LogP contribution is 2.08. The maximum atomic E-state index is 11.1. The SMILES string of the molecule is CC(=O)[C@H](CN)N1C(=O)C=CC1=O. The summed E-state index contributed by atoms with van der Waals surface area (Å²) in [5.41, 5.74) is 5.28. The van der Waals surface area contributed by atoms with Crippen molar-refractivity contribution in [1.29, 1.82) is 0 Å². The lowest BCUT2D eigenvalue weighted by Gasteiger charge is -2.21. The molecule has 0 saturated heterocycles. The average Bonchev–Trinajstić information content (AvgIpc) is 2.36. The largest absolute Gasteiger partial charge is 0.328 e. The predicted molar refractivity (Wildman–Crippen MR) is 44.5 cm³/mol. The van der Waals surface area contributed by atoms with Crippen LogP contribution in [-0.2, 0) is 14.4 Å². The van der Waals surface area contributed by atoms with Gasteiger partial charge in [-0.25, -0.2) is 0 Å². The Morgan fingerprint density at radius 2 is 1.92 bits per heavy atom. The van der Waals surface area contributed by atoms with Crippen LogP contribution in [0.4, 0.5) is 0 Å². The number of nitrogens with two attached hydrogens (primary N) is 1. The Kier molecular flexibility index (Phi) is 2.57. The molecule has 1 heterocycles. The molecule has 0 saturated carbocycles. The Morgan fingerprint density at radius 1 is 1.46 bits per heavy atom. The first-order valence-corrected chi connectivity index (χ1v) is 3.83. The maximum Gasteiger partial charge on any atom is 0.254 e. The maximum absolute atomic E-state index is 11.1. The number of ketones is 1. The summed E-state index contributed by atoms with van der Waals surface area (Å²) >= 11 is 0. The number of carbonyl (C=O) groups excluding carboxylic acids is 3. The molecule has 70 valence electrons. The molecule has 1 rings (SSSR count). The molecule has 0 aromatic heterocycles. The van der Waals surface area contributed by atoms with E-state index in [-0.39, 0.29) is 12.3 Å². The van der Waals surface area contributed by atoms with E-state index in [9.17, 15) is 14.4 Å². The van der Waals surface area contributed by atoms with Crippen molar-refractivity contribution in [2.45, 2.75) is 13.0 Å². The molecule has 1 aliphatic rings. The summed E-state index contributed by atoms with van der Waals surface area (Å²) in [6.45, 7) is 1.27. The second-order valence-corrected chi connectivity index (χ2v) is 2.74. The number of Topliss-reactive ketones (excluding diaryl/α,β-unsaturated/α-hetero) is 1. The van der Waals surface area contributed by atoms with E-state index in [2.05, 4.69) is 0 Å². The minimum Gasteiger partial charge on any atom is -0.328 e. The van der Waals surface area contributed by atoms with E-state index in [1.807, 2.05) is 0 Å². The van der Waals surface area contributed by atoms with Crippen LogP contribution in [0.5, 0.6) is 0 Å². The Bertz CT molecular complexity index is 278. The molecule has 0 bridgehead atoms. The number of hydrogen-bond donors (Lipinski definition) is 1. The third-order valence-corrected chi connectivity index (χ3v) is 1.85. The highest BCUT2D eigenvalue weighted by molar-refractivity contribution is 6.15. The fraction of sp³-hybridized carbons (Fsp3) is 0.375. The van der Waals surface area contributed by atoms with Crippen LogP contribution in [0.15, 0.2) is 12.2 Å². The lowest BCUT2D eigenvalue weighted by Crippen LogP contribution is -2.48. The number of amides is 2. The molecule has 0 aromatic rings. The van der Waals surface area contributed by atoms with Crippen LogP contribution in [-0.4, -0.2) is 35.1 Å². The molecule has 0 radical (unpaired) electrons. The summed E-state index contributed by atoms with van der Waals surface area (Å²) in [5, 5.41) is 0. The summed E-state index contributed by atoms with van der Waals surface area (Å²) in [7, 11) is 0. The van der Waals surface area contributed by atoms with Gasteiger partial charge < -0.3 is 5.73 Å². The van der Waals surface area contributed by atoms with Crippen LogP contribution >= 0.6 is 0 Å². The summed E-state index contributed by atoms with van der Waals surface area (Å²) in [4.78, 5) is 34.1. The fourth-order valence-electron chi connectivity index (χ4n) is 1.17. The second-order valence-electron chi connectivity index (χ2n) is 2.74. The molecule has 2 N–H and O–H groups in total. The topological polar surface area (TPSA) is 80.5 Å². The monoisotopic (exact) mass is 182 g/mol. The second kappa shape index (κ2) is 3.49. The Labute approximate surface area is 75.2 Å². The zero-order chi connectivity index (χ0) is 10.0. The van der Waals surface area contributed by atoms with Crippen molar-refractivity contribution in [3.63, 3.8) is 0 Å². The van der Waals surface area contributed by atoms with E-state index >= 15 is 0 Å². The molecule has 13 heavy (non-hydrogen) atoms. The standard InChI is InChI=1S/C8H10N2O3/c1-5(11)6(4-9)10-7(12)2-3-8(10)13/h2-3,6H,4,9H2,1H3/t6-/m0/s1. The number of carbonyl (C=O) groups is 3.